The molecule has 0 fully saturated rings. The fourth-order valence-corrected chi connectivity index (χ4v) is 24.6. The minimum atomic E-state index is -0.923. The Bertz CT molecular complexity index is 8570. The van der Waals surface area contributed by atoms with E-state index in [9.17, 15) is 25.4 Å². The largest absolute Gasteiger partial charge is 0.496 e. The molecule has 0 saturated heterocycles. The van der Waals surface area contributed by atoms with Gasteiger partial charge in [-0.05, 0) is 181 Å². The number of aliphatic imine (C=N–C) groups is 4. The summed E-state index contributed by atoms with van der Waals surface area (Å²) in [5.74, 6) is 11.4. The van der Waals surface area contributed by atoms with Crippen molar-refractivity contribution in [2.24, 2.45) is 39.9 Å². The van der Waals surface area contributed by atoms with Gasteiger partial charge in [-0.1, -0.05) is 257 Å². The molecule has 0 atom stereocenters. The molecule has 4 aromatic heterocycles. The van der Waals surface area contributed by atoms with E-state index < -0.39 is 17.6 Å². The average Bonchev–Trinajstić information content (AvgIpc) is 1.46. The Kier molecular flexibility index (Phi) is 20.1. The second-order valence-electron chi connectivity index (χ2n) is 41.3. The molecular formula is C120H98ClFN20O4+4. The number of ether oxygens (including phenoxy) is 4. The molecule has 16 aromatic rings. The minimum absolute atomic E-state index is 0.0108. The molecule has 0 saturated carbocycles. The number of benzene rings is 12. The van der Waals surface area contributed by atoms with E-state index >= 15 is 0 Å². The van der Waals surface area contributed by atoms with Gasteiger partial charge in [0, 0.05) is 77.5 Å². The maximum Gasteiger partial charge on any atom is 0.404 e. The van der Waals surface area contributed by atoms with Gasteiger partial charge in [-0.2, -0.15) is 39.3 Å². The first-order valence-electron chi connectivity index (χ1n) is 49.7. The zero-order valence-electron chi connectivity index (χ0n) is 83.1. The van der Waals surface area contributed by atoms with Crippen molar-refractivity contribution >= 4 is 125 Å². The Hall–Kier alpha value is -17.3. The van der Waals surface area contributed by atoms with E-state index in [4.69, 9.17) is 70.5 Å². The van der Waals surface area contributed by atoms with Gasteiger partial charge < -0.3 is 18.9 Å². The maximum absolute atomic E-state index is 14.8. The van der Waals surface area contributed by atoms with Crippen LogP contribution in [0.1, 0.15) is 223 Å². The molecule has 24 nitrogen and oxygen atoms in total. The zero-order chi connectivity index (χ0) is 101. The number of hydrogen-bond acceptors (Lipinski definition) is 16. The van der Waals surface area contributed by atoms with E-state index in [0.717, 1.165) is 271 Å². The van der Waals surface area contributed by atoms with Crippen molar-refractivity contribution in [3.05, 3.63) is 364 Å². The molecule has 26 heteroatoms. The number of amidine groups is 8. The number of halogens is 2. The summed E-state index contributed by atoms with van der Waals surface area (Å²) in [5, 5.41) is 46.2. The molecule has 12 aliphatic rings. The minimum Gasteiger partial charge on any atom is -0.496 e. The van der Waals surface area contributed by atoms with Gasteiger partial charge in [-0.15, -0.1) is 18.3 Å². The number of rotatable bonds is 18. The third kappa shape index (κ3) is 12.4. The third-order valence-electron chi connectivity index (χ3n) is 30.8. The van der Waals surface area contributed by atoms with E-state index in [1.807, 2.05) is 30.3 Å². The second kappa shape index (κ2) is 32.6. The van der Waals surface area contributed by atoms with Crippen LogP contribution >= 0.6 is 11.6 Å². The summed E-state index contributed by atoms with van der Waals surface area (Å²) >= 11 is 6.44. The first-order valence-corrected chi connectivity index (χ1v) is 50.1. The van der Waals surface area contributed by atoms with Crippen molar-refractivity contribution in [3.63, 3.8) is 0 Å². The fourth-order valence-electron chi connectivity index (χ4n) is 24.4. The summed E-state index contributed by atoms with van der Waals surface area (Å²) < 4.78 is 57.6. The van der Waals surface area contributed by atoms with E-state index in [2.05, 4.69) is 332 Å². The van der Waals surface area contributed by atoms with Gasteiger partial charge in [0.2, 0.25) is 45.2 Å². The lowest BCUT2D eigenvalue weighted by Crippen LogP contribution is -2.71. The highest BCUT2D eigenvalue weighted by atomic mass is 35.5. The first kappa shape index (κ1) is 90.0. The van der Waals surface area contributed by atoms with Crippen LogP contribution in [0.15, 0.2) is 283 Å². The van der Waals surface area contributed by atoms with Crippen molar-refractivity contribution in [3.8, 4) is 58.8 Å². The topological polar surface area (TPSA) is 263 Å². The van der Waals surface area contributed by atoms with Crippen molar-refractivity contribution in [2.75, 3.05) is 14.2 Å². The SMILES string of the molecule is CCCC(C)(C)c1cc(Oc2cc(C#N)c(C#N)cc2Cl)c(C(C)(C)CCC)cc1OC.CCCC(C)(C)c1cc(Oc2cc(C#N)c(C#N)cc2F)c(C(C)(C)CCC)cc1OC.c1ccc2c(c1)C1=Nc3c4ccccc4c4n3C35n6c(c7ccccc7c6=NC6=[N+]3C(=N4)c3ccccc36)=NC2=[N+]15.c1ccc2c(c1)C1=Nc3c4ccccc4c4n3C35n6c(c7ccccc7c6=NC6=[N+]3C(=N4)c3ccccc36)=NC2=[N+]15. The summed E-state index contributed by atoms with van der Waals surface area (Å²) in [4.78, 5) is 43.3. The number of nitrogens with zero attached hydrogens (tertiary/aromatic N) is 20. The standard InChI is InChI=1S/2C33H16N8.C27H33ClN2O2.C27H33FN2O2/c2*1-2-10-18-17(9-1)25-34-27-19-11-3-4-12-20(19)29-36-31-23-15-7-8-16-24(23)32-37-30-22-14-6-5-13-21(22)28-35-26(18)38(25)33(39(27)29,40(28)30)41(31)32;2*1-8-10-26(3,4)20-15-24(21(14-23(20)31-7)27(5,6)11-9-2)32-25-13-19(17-30)18(16-29)12-22(25)28/h2*1-16H;2*12-15H,8-11H2,1-7H3/q2*+2;;. The quantitative estimate of drug-likeness (QED) is 0.0744. The van der Waals surface area contributed by atoms with Gasteiger partial charge in [0.15, 0.2) is 11.6 Å². The summed E-state index contributed by atoms with van der Waals surface area (Å²) in [6.07, 6.45) is 7.86. The molecule has 0 amide bonds. The molecule has 0 unspecified atom stereocenters. The van der Waals surface area contributed by atoms with Crippen molar-refractivity contribution in [2.45, 2.75) is 168 Å². The lowest BCUT2D eigenvalue weighted by molar-refractivity contribution is -0.791. The molecule has 712 valence electrons. The smallest absolute Gasteiger partial charge is 0.404 e. The molecule has 0 radical (unpaired) electrons. The predicted molar refractivity (Wildman–Crippen MR) is 562 cm³/mol. The monoisotopic (exact) mass is 1940 g/mol. The fraction of sp³-hybridized carbons (Fsp3) is 0.233. The molecule has 28 rings (SSSR count). The highest BCUT2D eigenvalue weighted by Gasteiger charge is 2.72. The number of fused-ring (bicyclic) bond motifs is 24. The van der Waals surface area contributed by atoms with Gasteiger partial charge >= 0.3 is 11.8 Å². The molecule has 12 aromatic carbocycles. The normalized spacial score (nSPS) is 15.4. The molecular weight excluding hydrogens is 1840 g/mol. The van der Waals surface area contributed by atoms with E-state index in [1.54, 1.807) is 20.3 Å². The average molecular weight is 1940 g/mol. The third-order valence-corrected chi connectivity index (χ3v) is 31.1. The molecule has 0 bridgehead atoms. The number of aromatic nitrogens is 4. The van der Waals surface area contributed by atoms with Crippen LogP contribution in [0.3, 0.4) is 0 Å². The zero-order valence-corrected chi connectivity index (χ0v) is 83.8. The highest BCUT2D eigenvalue weighted by molar-refractivity contribution is 6.32. The maximum atomic E-state index is 14.8. The Labute approximate surface area is 845 Å². The van der Waals surface area contributed by atoms with Crippen LogP contribution in [0.5, 0.6) is 34.5 Å². The Morgan fingerprint density at radius 1 is 0.301 bits per heavy atom. The van der Waals surface area contributed by atoms with Crippen LogP contribution in [-0.2, 0) is 33.5 Å². The number of methoxy groups -OCH3 is 2. The van der Waals surface area contributed by atoms with Gasteiger partial charge in [-0.25, -0.2) is 4.39 Å². The Morgan fingerprint density at radius 2 is 0.541 bits per heavy atom. The van der Waals surface area contributed by atoms with Gasteiger partial charge in [-0.3, -0.25) is 0 Å². The van der Waals surface area contributed by atoms with Crippen LogP contribution < -0.4 is 40.9 Å². The van der Waals surface area contributed by atoms with Crippen molar-refractivity contribution < 1.29 is 41.6 Å². The molecule has 0 N–H and O–H groups in total. The molecule has 146 heavy (non-hydrogen) atoms. The van der Waals surface area contributed by atoms with Crippen molar-refractivity contribution in [1.82, 2.24) is 18.3 Å². The summed E-state index contributed by atoms with van der Waals surface area (Å²) in [6, 6.07) is 89.3. The van der Waals surface area contributed by atoms with Gasteiger partial charge in [0.25, 0.3) is 46.7 Å². The Morgan fingerprint density at radius 3 is 0.822 bits per heavy atom. The lowest BCUT2D eigenvalue weighted by Gasteiger charge is -2.40. The molecule has 0 aliphatic carbocycles. The van der Waals surface area contributed by atoms with Crippen LogP contribution in [0.2, 0.25) is 5.02 Å². The van der Waals surface area contributed by atoms with E-state index in [1.165, 1.54) is 12.1 Å². The van der Waals surface area contributed by atoms with Crippen molar-refractivity contribution in [1.29, 1.82) is 21.0 Å². The van der Waals surface area contributed by atoms with Crippen LogP contribution in [0.4, 0.5) is 27.7 Å². The van der Waals surface area contributed by atoms with Crippen LogP contribution in [-0.4, -0.2) is 97.5 Å². The second-order valence-corrected chi connectivity index (χ2v) is 41.7. The van der Waals surface area contributed by atoms with E-state index in [0.29, 0.717) is 22.3 Å². The molecule has 16 heterocycles. The predicted octanol–water partition coefficient (Wildman–Crippen LogP) is 23.0. The Balaban J connectivity index is 0.000000103. The summed E-state index contributed by atoms with van der Waals surface area (Å²) in [7, 11) is 3.37. The van der Waals surface area contributed by atoms with E-state index in [-0.39, 0.29) is 49.7 Å². The lowest BCUT2D eigenvalue weighted by atomic mass is 9.75. The molecule has 12 aliphatic heterocycles. The number of hydrogen-bond donors (Lipinski definition) is 0. The highest BCUT2D eigenvalue weighted by Crippen LogP contribution is 2.57. The van der Waals surface area contributed by atoms with Gasteiger partial charge in [0.05, 0.1) is 86.0 Å². The summed E-state index contributed by atoms with van der Waals surface area (Å²) in [5.41, 5.74) is 16.1. The van der Waals surface area contributed by atoms with Crippen LogP contribution in [0.25, 0.3) is 43.1 Å². The number of nitriles is 4. The summed E-state index contributed by atoms with van der Waals surface area (Å²) in [6.45, 7) is 26.0. The van der Waals surface area contributed by atoms with Crippen LogP contribution in [0, 0.1) is 51.1 Å². The first-order chi connectivity index (χ1) is 70.8. The molecule has 2 spiro atoms. The van der Waals surface area contributed by atoms with Gasteiger partial charge in [0.1, 0.15) is 53.0 Å².